The maximum absolute atomic E-state index is 14.1. The van der Waals surface area contributed by atoms with E-state index >= 15 is 0 Å². The van der Waals surface area contributed by atoms with E-state index in [1.54, 1.807) is 48.5 Å². The molecule has 3 aromatic carbocycles. The van der Waals surface area contributed by atoms with Crippen molar-refractivity contribution in [1.29, 1.82) is 0 Å². The highest BCUT2D eigenvalue weighted by Gasteiger charge is 2.25. The van der Waals surface area contributed by atoms with Crippen molar-refractivity contribution < 1.29 is 23.5 Å². The Morgan fingerprint density at radius 3 is 2.55 bits per heavy atom. The third kappa shape index (κ3) is 4.28. The van der Waals surface area contributed by atoms with Crippen molar-refractivity contribution in [2.24, 2.45) is 0 Å². The summed E-state index contributed by atoms with van der Waals surface area (Å²) in [5.74, 6) is -3.41. The van der Waals surface area contributed by atoms with E-state index in [0.29, 0.717) is 22.0 Å². The molecule has 0 aliphatic carbocycles. The Labute approximate surface area is 175 Å². The Bertz CT molecular complexity index is 1270. The largest absolute Gasteiger partial charge is 0.481 e. The van der Waals surface area contributed by atoms with Crippen molar-refractivity contribution >= 4 is 28.6 Å². The molecule has 1 heterocycles. The molecule has 1 atom stereocenters. The first-order chi connectivity index (χ1) is 14.9. The number of aromatic amines is 1. The molecule has 0 radical (unpaired) electrons. The van der Waals surface area contributed by atoms with Crippen LogP contribution in [-0.4, -0.2) is 27.2 Å². The standard InChI is InChI=1S/C23H17F2N3O3/c24-15-7-9-19(25)17(11-15)14-6-8-16-20(10-14)27-28-22(16)26-23(31)18(12-21(29)30)13-4-2-1-3-5-13/h1-11,18H,12H2,(H,29,30)(H2,26,27,28,31). The van der Waals surface area contributed by atoms with Gasteiger partial charge in [0.15, 0.2) is 5.82 Å². The van der Waals surface area contributed by atoms with Gasteiger partial charge in [0.2, 0.25) is 5.91 Å². The van der Waals surface area contributed by atoms with Crippen molar-refractivity contribution in [3.8, 4) is 11.1 Å². The number of anilines is 1. The zero-order valence-electron chi connectivity index (χ0n) is 16.1. The predicted octanol–water partition coefficient (Wildman–Crippen LogP) is 4.71. The van der Waals surface area contributed by atoms with E-state index in [9.17, 15) is 23.5 Å². The van der Waals surface area contributed by atoms with Crippen LogP contribution in [0.1, 0.15) is 17.9 Å². The van der Waals surface area contributed by atoms with Crippen LogP contribution in [0.3, 0.4) is 0 Å². The molecule has 1 unspecified atom stereocenters. The fraction of sp³-hybridized carbons (Fsp3) is 0.0870. The number of aliphatic carboxylic acids is 1. The molecule has 0 bridgehead atoms. The third-order valence-electron chi connectivity index (χ3n) is 4.94. The summed E-state index contributed by atoms with van der Waals surface area (Å²) >= 11 is 0. The van der Waals surface area contributed by atoms with Crippen LogP contribution in [0.2, 0.25) is 0 Å². The first kappa shape index (κ1) is 20.2. The molecule has 1 aromatic heterocycles. The number of fused-ring (bicyclic) bond motifs is 1. The average molecular weight is 421 g/mol. The van der Waals surface area contributed by atoms with E-state index in [1.807, 2.05) is 0 Å². The normalized spacial score (nSPS) is 11.9. The third-order valence-corrected chi connectivity index (χ3v) is 4.94. The number of nitrogens with zero attached hydrogens (tertiary/aromatic N) is 1. The molecule has 0 aliphatic heterocycles. The van der Waals surface area contributed by atoms with Gasteiger partial charge < -0.3 is 10.4 Å². The molecule has 0 saturated heterocycles. The maximum atomic E-state index is 14.1. The van der Waals surface area contributed by atoms with E-state index in [0.717, 1.165) is 18.2 Å². The van der Waals surface area contributed by atoms with Gasteiger partial charge in [0.05, 0.1) is 17.9 Å². The Morgan fingerprint density at radius 1 is 1.03 bits per heavy atom. The number of rotatable bonds is 6. The van der Waals surface area contributed by atoms with Gasteiger partial charge in [-0.25, -0.2) is 8.78 Å². The average Bonchev–Trinajstić information content (AvgIpc) is 3.16. The molecule has 3 N–H and O–H groups in total. The molecule has 31 heavy (non-hydrogen) atoms. The second kappa shape index (κ2) is 8.35. The smallest absolute Gasteiger partial charge is 0.304 e. The number of benzene rings is 3. The number of H-pyrrole nitrogens is 1. The zero-order chi connectivity index (χ0) is 22.0. The number of hydrogen-bond donors (Lipinski definition) is 3. The summed E-state index contributed by atoms with van der Waals surface area (Å²) in [6, 6.07) is 16.6. The molecule has 156 valence electrons. The molecule has 6 nitrogen and oxygen atoms in total. The van der Waals surface area contributed by atoms with Crippen LogP contribution < -0.4 is 5.32 Å². The lowest BCUT2D eigenvalue weighted by Crippen LogP contribution is -2.23. The highest BCUT2D eigenvalue weighted by molar-refractivity contribution is 6.03. The topological polar surface area (TPSA) is 95.1 Å². The van der Waals surface area contributed by atoms with Gasteiger partial charge >= 0.3 is 5.97 Å². The van der Waals surface area contributed by atoms with E-state index in [1.165, 1.54) is 0 Å². The van der Waals surface area contributed by atoms with E-state index in [4.69, 9.17) is 0 Å². The summed E-state index contributed by atoms with van der Waals surface area (Å²) in [6.45, 7) is 0. The van der Waals surface area contributed by atoms with Gasteiger partial charge in [-0.3, -0.25) is 14.7 Å². The fourth-order valence-corrected chi connectivity index (χ4v) is 3.43. The van der Waals surface area contributed by atoms with Crippen LogP contribution in [0.4, 0.5) is 14.6 Å². The van der Waals surface area contributed by atoms with Gasteiger partial charge in [0.25, 0.3) is 0 Å². The molecule has 0 saturated carbocycles. The highest BCUT2D eigenvalue weighted by Crippen LogP contribution is 2.30. The second-order valence-electron chi connectivity index (χ2n) is 7.01. The number of nitrogens with one attached hydrogen (secondary N) is 2. The lowest BCUT2D eigenvalue weighted by molar-refractivity contribution is -0.139. The fourth-order valence-electron chi connectivity index (χ4n) is 3.43. The number of carboxylic acid groups (broad SMARTS) is 1. The van der Waals surface area contributed by atoms with Crippen LogP contribution in [0, 0.1) is 11.6 Å². The van der Waals surface area contributed by atoms with Gasteiger partial charge in [0.1, 0.15) is 11.6 Å². The van der Waals surface area contributed by atoms with E-state index < -0.39 is 29.4 Å². The van der Waals surface area contributed by atoms with Crippen molar-refractivity contribution in [3.63, 3.8) is 0 Å². The quantitative estimate of drug-likeness (QED) is 0.420. The molecule has 1 amide bonds. The van der Waals surface area contributed by atoms with Crippen molar-refractivity contribution in [3.05, 3.63) is 83.9 Å². The Hall–Kier alpha value is -4.07. The molecule has 0 aliphatic rings. The molecular weight excluding hydrogens is 404 g/mol. The number of carbonyl (C=O) groups is 2. The Balaban J connectivity index is 1.63. The Kier molecular flexibility index (Phi) is 5.44. The monoisotopic (exact) mass is 421 g/mol. The second-order valence-corrected chi connectivity index (χ2v) is 7.01. The SMILES string of the molecule is O=C(O)CC(C(=O)Nc1n[nH]c2cc(-c3cc(F)ccc3F)ccc12)c1ccccc1. The van der Waals surface area contributed by atoms with Gasteiger partial charge in [-0.1, -0.05) is 36.4 Å². The van der Waals surface area contributed by atoms with Crippen molar-refractivity contribution in [2.45, 2.75) is 12.3 Å². The number of carbonyl (C=O) groups excluding carboxylic acids is 1. The minimum atomic E-state index is -1.10. The number of carboxylic acids is 1. The number of aromatic nitrogens is 2. The summed E-state index contributed by atoms with van der Waals surface area (Å²) in [7, 11) is 0. The molecule has 0 spiro atoms. The van der Waals surface area contributed by atoms with Crippen molar-refractivity contribution in [2.75, 3.05) is 5.32 Å². The summed E-state index contributed by atoms with van der Waals surface area (Å²) in [5, 5.41) is 19.3. The lowest BCUT2D eigenvalue weighted by atomic mass is 9.95. The molecule has 0 fully saturated rings. The lowest BCUT2D eigenvalue weighted by Gasteiger charge is -2.14. The first-order valence-corrected chi connectivity index (χ1v) is 9.43. The summed E-state index contributed by atoms with van der Waals surface area (Å²) in [6.07, 6.45) is -0.374. The van der Waals surface area contributed by atoms with Crippen molar-refractivity contribution in [1.82, 2.24) is 10.2 Å². The maximum Gasteiger partial charge on any atom is 0.304 e. The van der Waals surface area contributed by atoms with Crippen LogP contribution in [0.25, 0.3) is 22.0 Å². The zero-order valence-corrected chi connectivity index (χ0v) is 16.1. The molecule has 4 rings (SSSR count). The highest BCUT2D eigenvalue weighted by atomic mass is 19.1. The molecule has 8 heteroatoms. The van der Waals surface area contributed by atoms with Gasteiger partial charge in [-0.15, -0.1) is 0 Å². The first-order valence-electron chi connectivity index (χ1n) is 9.43. The Morgan fingerprint density at radius 2 is 1.81 bits per heavy atom. The van der Waals surface area contributed by atoms with Gasteiger partial charge in [-0.2, -0.15) is 5.10 Å². The summed E-state index contributed by atoms with van der Waals surface area (Å²) in [4.78, 5) is 24.1. The molecular formula is C23H17F2N3O3. The van der Waals surface area contributed by atoms with Crippen LogP contribution in [0.15, 0.2) is 66.7 Å². The minimum Gasteiger partial charge on any atom is -0.481 e. The summed E-state index contributed by atoms with van der Waals surface area (Å²) in [5.41, 5.74) is 1.63. The minimum absolute atomic E-state index is 0.104. The molecule has 4 aromatic rings. The predicted molar refractivity (Wildman–Crippen MR) is 112 cm³/mol. The van der Waals surface area contributed by atoms with E-state index in [-0.39, 0.29) is 17.8 Å². The van der Waals surface area contributed by atoms with Gasteiger partial charge in [-0.05, 0) is 41.5 Å². The number of halogens is 2. The van der Waals surface area contributed by atoms with Gasteiger partial charge in [0, 0.05) is 10.9 Å². The van der Waals surface area contributed by atoms with Crippen LogP contribution >= 0.6 is 0 Å². The van der Waals surface area contributed by atoms with E-state index in [2.05, 4.69) is 15.5 Å². The number of hydrogen-bond acceptors (Lipinski definition) is 3. The summed E-state index contributed by atoms with van der Waals surface area (Å²) < 4.78 is 27.6. The number of amides is 1. The van der Waals surface area contributed by atoms with Crippen LogP contribution in [0.5, 0.6) is 0 Å². The van der Waals surface area contributed by atoms with Crippen LogP contribution in [-0.2, 0) is 9.59 Å².